The highest BCUT2D eigenvalue weighted by Crippen LogP contribution is 2.35. The number of fused-ring (bicyclic) bond motifs is 1. The van der Waals surface area contributed by atoms with E-state index < -0.39 is 0 Å². The summed E-state index contributed by atoms with van der Waals surface area (Å²) in [6.45, 7) is 3.01. The number of benzene rings is 1. The molecule has 7 heteroatoms. The van der Waals surface area contributed by atoms with E-state index in [9.17, 15) is 4.39 Å². The lowest BCUT2D eigenvalue weighted by molar-refractivity contribution is 0.573. The van der Waals surface area contributed by atoms with Gasteiger partial charge in [0.25, 0.3) is 0 Å². The minimum Gasteiger partial charge on any atom is -0.357 e. The third-order valence-corrected chi connectivity index (χ3v) is 6.81. The van der Waals surface area contributed by atoms with Crippen molar-refractivity contribution in [2.24, 2.45) is 0 Å². The maximum atomic E-state index is 13.9. The van der Waals surface area contributed by atoms with E-state index in [1.807, 2.05) is 35.0 Å². The Morgan fingerprint density at radius 2 is 1.73 bits per heavy atom. The van der Waals surface area contributed by atoms with E-state index in [0.29, 0.717) is 0 Å². The van der Waals surface area contributed by atoms with Crippen LogP contribution in [0, 0.1) is 5.82 Å². The lowest BCUT2D eigenvalue weighted by Gasteiger charge is -2.28. The summed E-state index contributed by atoms with van der Waals surface area (Å²) >= 11 is 0. The molecule has 4 aromatic rings. The second-order valence-electron chi connectivity index (χ2n) is 8.94. The zero-order valence-electron chi connectivity index (χ0n) is 18.6. The molecular weight excluding hydrogens is 415 g/mol. The fraction of sp³-hybridized carbons (Fsp3) is 0.346. The summed E-state index contributed by atoms with van der Waals surface area (Å²) in [4.78, 5) is 14.2. The molecule has 0 bridgehead atoms. The minimum absolute atomic E-state index is 0.123. The van der Waals surface area contributed by atoms with Crippen molar-refractivity contribution in [2.45, 2.75) is 38.1 Å². The zero-order valence-corrected chi connectivity index (χ0v) is 18.6. The Hall–Kier alpha value is -3.48. The number of hydrogen-bond donors (Lipinski definition) is 0. The first-order valence-corrected chi connectivity index (χ1v) is 11.9. The Kier molecular flexibility index (Phi) is 5.17. The molecule has 0 radical (unpaired) electrons. The molecule has 2 aliphatic rings. The van der Waals surface area contributed by atoms with Crippen molar-refractivity contribution in [3.63, 3.8) is 0 Å². The predicted molar refractivity (Wildman–Crippen MR) is 128 cm³/mol. The smallest absolute Gasteiger partial charge is 0.154 e. The van der Waals surface area contributed by atoms with Crippen LogP contribution in [0.15, 0.2) is 60.8 Å². The summed E-state index contributed by atoms with van der Waals surface area (Å²) in [5, 5.41) is 4.97. The molecule has 168 valence electrons. The van der Waals surface area contributed by atoms with E-state index in [1.165, 1.54) is 25.3 Å². The Bertz CT molecular complexity index is 1280. The maximum Gasteiger partial charge on any atom is 0.154 e. The van der Waals surface area contributed by atoms with Crippen LogP contribution in [-0.4, -0.2) is 39.2 Å². The predicted octanol–water partition coefficient (Wildman–Crippen LogP) is 5.26. The van der Waals surface area contributed by atoms with E-state index >= 15 is 0 Å². The third-order valence-electron chi connectivity index (χ3n) is 6.81. The molecule has 3 aromatic heterocycles. The van der Waals surface area contributed by atoms with Crippen LogP contribution in [0.3, 0.4) is 0 Å². The topological polar surface area (TPSA) is 49.6 Å². The van der Waals surface area contributed by atoms with Crippen molar-refractivity contribution in [1.29, 1.82) is 0 Å². The highest BCUT2D eigenvalue weighted by atomic mass is 19.1. The summed E-state index contributed by atoms with van der Waals surface area (Å²) < 4.78 is 15.8. The van der Waals surface area contributed by atoms with Gasteiger partial charge in [0.15, 0.2) is 5.65 Å². The third kappa shape index (κ3) is 3.81. The average Bonchev–Trinajstić information content (AvgIpc) is 3.52. The SMILES string of the molecule is Fc1cccc(C2CCCN2c2ccc3ncc(-c4cccc(N5CCCCC5)n4)n3n2)c1. The molecule has 6 rings (SSSR count). The van der Waals surface area contributed by atoms with Gasteiger partial charge in [0, 0.05) is 19.6 Å². The molecule has 33 heavy (non-hydrogen) atoms. The van der Waals surface area contributed by atoms with Gasteiger partial charge in [-0.2, -0.15) is 0 Å². The minimum atomic E-state index is -0.195. The molecule has 1 unspecified atom stereocenters. The fourth-order valence-corrected chi connectivity index (χ4v) is 5.16. The quantitative estimate of drug-likeness (QED) is 0.431. The van der Waals surface area contributed by atoms with E-state index in [1.54, 1.807) is 12.1 Å². The molecular formula is C26H27FN6. The molecule has 2 fully saturated rings. The molecule has 0 N–H and O–H groups in total. The van der Waals surface area contributed by atoms with Crippen LogP contribution >= 0.6 is 0 Å². The average molecular weight is 443 g/mol. The highest BCUT2D eigenvalue weighted by molar-refractivity contribution is 5.62. The molecule has 0 amide bonds. The molecule has 0 saturated carbocycles. The molecule has 0 aliphatic carbocycles. The number of halogens is 1. The Labute approximate surface area is 192 Å². The van der Waals surface area contributed by atoms with Crippen LogP contribution in [0.5, 0.6) is 0 Å². The van der Waals surface area contributed by atoms with E-state index in [0.717, 1.165) is 66.7 Å². The number of imidazole rings is 1. The monoisotopic (exact) mass is 442 g/mol. The number of pyridine rings is 1. The number of nitrogens with zero attached hydrogens (tertiary/aromatic N) is 6. The lowest BCUT2D eigenvalue weighted by Crippen LogP contribution is -2.30. The van der Waals surface area contributed by atoms with Crippen molar-refractivity contribution in [1.82, 2.24) is 19.6 Å². The first-order valence-electron chi connectivity index (χ1n) is 11.9. The van der Waals surface area contributed by atoms with Crippen molar-refractivity contribution in [2.75, 3.05) is 29.4 Å². The Morgan fingerprint density at radius 1 is 0.848 bits per heavy atom. The van der Waals surface area contributed by atoms with Crippen molar-refractivity contribution in [3.05, 3.63) is 72.2 Å². The van der Waals surface area contributed by atoms with Crippen LogP contribution in [0.1, 0.15) is 43.7 Å². The number of aromatic nitrogens is 4. The summed E-state index contributed by atoms with van der Waals surface area (Å²) in [6.07, 6.45) is 7.62. The van der Waals surface area contributed by atoms with Crippen LogP contribution in [0.2, 0.25) is 0 Å². The number of hydrogen-bond acceptors (Lipinski definition) is 5. The molecule has 0 spiro atoms. The van der Waals surface area contributed by atoms with Gasteiger partial charge in [0.2, 0.25) is 0 Å². The standard InChI is InChI=1S/C26H27FN6/c27-20-8-4-7-19(17-20)22-10-6-16-32(22)26-13-12-24-28-18-23(33(24)30-26)21-9-5-11-25(29-21)31-14-2-1-3-15-31/h4-5,7-9,11-13,17-18,22H,1-3,6,10,14-16H2. The van der Waals surface area contributed by atoms with Crippen LogP contribution in [-0.2, 0) is 0 Å². The molecule has 2 saturated heterocycles. The normalized spacial score (nSPS) is 18.9. The van der Waals surface area contributed by atoms with Gasteiger partial charge in [-0.15, -0.1) is 5.10 Å². The largest absolute Gasteiger partial charge is 0.357 e. The summed E-state index contributed by atoms with van der Waals surface area (Å²) in [5.41, 5.74) is 3.54. The second-order valence-corrected chi connectivity index (χ2v) is 8.94. The van der Waals surface area contributed by atoms with E-state index in [2.05, 4.69) is 26.9 Å². The fourth-order valence-electron chi connectivity index (χ4n) is 5.16. The van der Waals surface area contributed by atoms with Crippen LogP contribution in [0.25, 0.3) is 17.0 Å². The van der Waals surface area contributed by atoms with Gasteiger partial charge in [-0.05, 0) is 74.1 Å². The van der Waals surface area contributed by atoms with Gasteiger partial charge in [-0.3, -0.25) is 0 Å². The Balaban J connectivity index is 1.36. The first kappa shape index (κ1) is 20.1. The van der Waals surface area contributed by atoms with Gasteiger partial charge in [-0.1, -0.05) is 18.2 Å². The molecule has 1 atom stereocenters. The van der Waals surface area contributed by atoms with Gasteiger partial charge >= 0.3 is 0 Å². The molecule has 2 aliphatic heterocycles. The van der Waals surface area contributed by atoms with Crippen LogP contribution < -0.4 is 9.80 Å². The van der Waals surface area contributed by atoms with Gasteiger partial charge in [0.1, 0.15) is 23.1 Å². The number of anilines is 2. The summed E-state index contributed by atoms with van der Waals surface area (Å²) in [7, 11) is 0. The highest BCUT2D eigenvalue weighted by Gasteiger charge is 2.28. The first-order chi connectivity index (χ1) is 16.3. The summed E-state index contributed by atoms with van der Waals surface area (Å²) in [5.74, 6) is 1.70. The molecule has 6 nitrogen and oxygen atoms in total. The second kappa shape index (κ2) is 8.46. The molecule has 5 heterocycles. The van der Waals surface area contributed by atoms with Gasteiger partial charge < -0.3 is 9.80 Å². The number of piperidine rings is 1. The maximum absolute atomic E-state index is 13.9. The van der Waals surface area contributed by atoms with Crippen molar-refractivity contribution >= 4 is 17.3 Å². The van der Waals surface area contributed by atoms with E-state index in [4.69, 9.17) is 10.1 Å². The summed E-state index contributed by atoms with van der Waals surface area (Å²) in [6, 6.07) is 17.2. The number of rotatable bonds is 4. The lowest BCUT2D eigenvalue weighted by atomic mass is 10.0. The van der Waals surface area contributed by atoms with Crippen molar-refractivity contribution in [3.8, 4) is 11.4 Å². The van der Waals surface area contributed by atoms with Gasteiger partial charge in [0.05, 0.1) is 17.9 Å². The van der Waals surface area contributed by atoms with Gasteiger partial charge in [-0.25, -0.2) is 18.9 Å². The van der Waals surface area contributed by atoms with Crippen molar-refractivity contribution < 1.29 is 4.39 Å². The Morgan fingerprint density at radius 3 is 2.61 bits per heavy atom. The van der Waals surface area contributed by atoms with Crippen LogP contribution in [0.4, 0.5) is 16.0 Å². The zero-order chi connectivity index (χ0) is 22.2. The van der Waals surface area contributed by atoms with E-state index in [-0.39, 0.29) is 11.9 Å². The molecule has 1 aromatic carbocycles.